The van der Waals surface area contributed by atoms with E-state index in [1.807, 2.05) is 32.1 Å². The van der Waals surface area contributed by atoms with Gasteiger partial charge in [-0.3, -0.25) is 4.79 Å². The minimum atomic E-state index is -0.496. The average molecular weight is 314 g/mol. The fourth-order valence-corrected chi connectivity index (χ4v) is 3.59. The van der Waals surface area contributed by atoms with Gasteiger partial charge < -0.3 is 4.42 Å². The van der Waals surface area contributed by atoms with E-state index in [0.29, 0.717) is 17.0 Å². The monoisotopic (exact) mass is 314 g/mol. The van der Waals surface area contributed by atoms with Crippen molar-refractivity contribution in [2.24, 2.45) is 10.9 Å². The quantitative estimate of drug-likeness (QED) is 0.785. The molecule has 0 N–H and O–H groups in total. The number of thioether (sulfide) groups is 1. The van der Waals surface area contributed by atoms with Gasteiger partial charge in [0.25, 0.3) is 0 Å². The highest BCUT2D eigenvalue weighted by atomic mass is 32.2. The van der Waals surface area contributed by atoms with Gasteiger partial charge in [0.1, 0.15) is 11.7 Å². The molecule has 1 unspecified atom stereocenters. The second-order valence-electron chi connectivity index (χ2n) is 4.99. The molecule has 2 heterocycles. The summed E-state index contributed by atoms with van der Waals surface area (Å²) in [5.74, 6) is 0.434. The minimum absolute atomic E-state index is 0.0691. The fraction of sp³-hybridized carbons (Fsp3) is 0.353. The number of nitriles is 1. The molecule has 0 bridgehead atoms. The lowest BCUT2D eigenvalue weighted by atomic mass is 9.80. The first kappa shape index (κ1) is 16.3. The maximum Gasteiger partial charge on any atom is 0.158 e. The predicted molar refractivity (Wildman–Crippen MR) is 88.6 cm³/mol. The summed E-state index contributed by atoms with van der Waals surface area (Å²) in [4.78, 5) is 16.6. The van der Waals surface area contributed by atoms with Gasteiger partial charge >= 0.3 is 0 Å². The van der Waals surface area contributed by atoms with Gasteiger partial charge in [-0.25, -0.2) is 4.99 Å². The van der Waals surface area contributed by atoms with Gasteiger partial charge in [-0.1, -0.05) is 12.2 Å². The van der Waals surface area contributed by atoms with E-state index in [4.69, 9.17) is 4.42 Å². The number of allylic oxidation sites excluding steroid dienone is 3. The molecule has 1 aliphatic rings. The van der Waals surface area contributed by atoms with Gasteiger partial charge in [0.2, 0.25) is 0 Å². The average Bonchev–Trinajstić information content (AvgIpc) is 3.00. The Hall–Kier alpha value is -2.06. The van der Waals surface area contributed by atoms with E-state index in [1.54, 1.807) is 12.3 Å². The van der Waals surface area contributed by atoms with Crippen molar-refractivity contribution in [1.29, 1.82) is 5.26 Å². The first-order valence-corrected chi connectivity index (χ1v) is 8.06. The topological polar surface area (TPSA) is 66.4 Å². The normalized spacial score (nSPS) is 21.8. The van der Waals surface area contributed by atoms with Crippen LogP contribution in [0.25, 0.3) is 0 Å². The Labute approximate surface area is 134 Å². The van der Waals surface area contributed by atoms with Crippen LogP contribution in [0.4, 0.5) is 0 Å². The van der Waals surface area contributed by atoms with Crippen molar-refractivity contribution in [2.45, 2.75) is 26.7 Å². The number of ketones is 1. The summed E-state index contributed by atoms with van der Waals surface area (Å²) in [5, 5.41) is 10.4. The summed E-state index contributed by atoms with van der Waals surface area (Å²) in [5.41, 5.74) is 1.24. The van der Waals surface area contributed by atoms with E-state index < -0.39 is 5.92 Å². The molecular formula is C17H18N2O2S. The van der Waals surface area contributed by atoms with E-state index >= 15 is 0 Å². The Morgan fingerprint density at radius 1 is 1.59 bits per heavy atom. The molecule has 4 nitrogen and oxygen atoms in total. The van der Waals surface area contributed by atoms with Crippen LogP contribution < -0.4 is 0 Å². The number of carbonyl (C=O) groups is 1. The minimum Gasteiger partial charge on any atom is -0.469 e. The standard InChI is InChI=1S/C17H18N2O2S/c1-4-5-9-22-17-13(10-18)16(14-7-6-8-21-14)15(12(3)20)11(2)19-17/h4-8,13,16H,9H2,1-3H3/b5-4+/t13?,16-/m1/s1. The second-order valence-corrected chi connectivity index (χ2v) is 6.03. The van der Waals surface area contributed by atoms with Crippen molar-refractivity contribution in [1.82, 2.24) is 0 Å². The first-order valence-electron chi connectivity index (χ1n) is 7.07. The molecule has 0 radical (unpaired) electrons. The third-order valence-electron chi connectivity index (χ3n) is 3.51. The summed E-state index contributed by atoms with van der Waals surface area (Å²) >= 11 is 1.53. The van der Waals surface area contributed by atoms with Crippen molar-refractivity contribution in [2.75, 3.05) is 5.75 Å². The lowest BCUT2D eigenvalue weighted by Gasteiger charge is -2.27. The summed E-state index contributed by atoms with van der Waals surface area (Å²) in [6.07, 6.45) is 5.55. The van der Waals surface area contributed by atoms with Gasteiger partial charge in [-0.05, 0) is 32.9 Å². The number of nitrogens with zero attached hydrogens (tertiary/aromatic N) is 2. The van der Waals surface area contributed by atoms with Gasteiger partial charge in [-0.15, -0.1) is 11.8 Å². The maximum absolute atomic E-state index is 12.0. The van der Waals surface area contributed by atoms with Crippen LogP contribution >= 0.6 is 11.8 Å². The van der Waals surface area contributed by atoms with Gasteiger partial charge in [0.15, 0.2) is 5.78 Å². The second kappa shape index (κ2) is 7.28. The number of aliphatic imine (C=N–C) groups is 1. The molecule has 5 heteroatoms. The first-order chi connectivity index (χ1) is 10.6. The van der Waals surface area contributed by atoms with Crippen molar-refractivity contribution in [3.63, 3.8) is 0 Å². The lowest BCUT2D eigenvalue weighted by molar-refractivity contribution is -0.114. The zero-order valence-corrected chi connectivity index (χ0v) is 13.7. The smallest absolute Gasteiger partial charge is 0.158 e. The maximum atomic E-state index is 12.0. The van der Waals surface area contributed by atoms with Crippen LogP contribution in [0.1, 0.15) is 32.4 Å². The van der Waals surface area contributed by atoms with Crippen molar-refractivity contribution < 1.29 is 9.21 Å². The molecule has 1 aromatic rings. The Kier molecular flexibility index (Phi) is 5.40. The van der Waals surface area contributed by atoms with Crippen LogP contribution in [0.5, 0.6) is 0 Å². The van der Waals surface area contributed by atoms with Gasteiger partial charge in [0.05, 0.1) is 23.3 Å². The highest BCUT2D eigenvalue weighted by molar-refractivity contribution is 8.14. The zero-order valence-electron chi connectivity index (χ0n) is 12.9. The Morgan fingerprint density at radius 3 is 2.91 bits per heavy atom. The molecule has 0 spiro atoms. The van der Waals surface area contributed by atoms with Crippen molar-refractivity contribution in [3.05, 3.63) is 47.6 Å². The molecular weight excluding hydrogens is 296 g/mol. The highest BCUT2D eigenvalue weighted by Gasteiger charge is 2.38. The fourth-order valence-electron chi connectivity index (χ4n) is 2.56. The van der Waals surface area contributed by atoms with Crippen molar-refractivity contribution >= 4 is 22.6 Å². The SMILES string of the molecule is C/C=C/CSC1=NC(C)=C(C(C)=O)[C@@H](c2ccco2)C1C#N. The molecule has 0 amide bonds. The zero-order chi connectivity index (χ0) is 16.1. The third kappa shape index (κ3) is 3.23. The van der Waals surface area contributed by atoms with Gasteiger partial charge in [-0.2, -0.15) is 5.26 Å². The van der Waals surface area contributed by atoms with E-state index in [0.717, 1.165) is 10.8 Å². The van der Waals surface area contributed by atoms with Crippen LogP contribution in [0.2, 0.25) is 0 Å². The predicted octanol–water partition coefficient (Wildman–Crippen LogP) is 4.09. The summed E-state index contributed by atoms with van der Waals surface area (Å²) in [7, 11) is 0. The molecule has 22 heavy (non-hydrogen) atoms. The molecule has 0 saturated carbocycles. The molecule has 0 saturated heterocycles. The number of rotatable bonds is 4. The van der Waals surface area contributed by atoms with E-state index in [2.05, 4.69) is 11.1 Å². The summed E-state index contributed by atoms with van der Waals surface area (Å²) in [6.45, 7) is 5.28. The molecule has 1 aliphatic heterocycles. The van der Waals surface area contributed by atoms with E-state index in [-0.39, 0.29) is 11.7 Å². The van der Waals surface area contributed by atoms with Crippen LogP contribution in [-0.2, 0) is 4.79 Å². The number of carbonyl (C=O) groups excluding carboxylic acids is 1. The largest absolute Gasteiger partial charge is 0.469 e. The number of furan rings is 1. The number of hydrogen-bond acceptors (Lipinski definition) is 5. The molecule has 0 fully saturated rings. The molecule has 2 rings (SSSR count). The summed E-state index contributed by atoms with van der Waals surface area (Å²) in [6, 6.07) is 5.89. The molecule has 1 aromatic heterocycles. The van der Waals surface area contributed by atoms with Crippen LogP contribution in [0.3, 0.4) is 0 Å². The van der Waals surface area contributed by atoms with Crippen LogP contribution in [-0.4, -0.2) is 16.6 Å². The number of hydrogen-bond donors (Lipinski definition) is 0. The van der Waals surface area contributed by atoms with Crippen LogP contribution in [0.15, 0.2) is 51.2 Å². The Bertz CT molecular complexity index is 678. The van der Waals surface area contributed by atoms with E-state index in [1.165, 1.54) is 18.7 Å². The Morgan fingerprint density at radius 2 is 2.36 bits per heavy atom. The molecule has 0 aromatic carbocycles. The van der Waals surface area contributed by atoms with Crippen molar-refractivity contribution in [3.8, 4) is 6.07 Å². The number of Topliss-reactive ketones (excluding diaryl/α,β-unsaturated/α-hetero) is 1. The molecule has 2 atom stereocenters. The highest BCUT2D eigenvalue weighted by Crippen LogP contribution is 2.41. The Balaban J connectivity index is 2.48. The third-order valence-corrected chi connectivity index (χ3v) is 4.51. The summed E-state index contributed by atoms with van der Waals surface area (Å²) < 4.78 is 5.49. The van der Waals surface area contributed by atoms with E-state index in [9.17, 15) is 10.1 Å². The van der Waals surface area contributed by atoms with Gasteiger partial charge in [0, 0.05) is 17.0 Å². The molecule has 114 valence electrons. The molecule has 0 aliphatic carbocycles. The van der Waals surface area contributed by atoms with Crippen LogP contribution in [0, 0.1) is 17.2 Å². The lowest BCUT2D eigenvalue weighted by Crippen LogP contribution is -2.27.